The first-order valence-electron chi connectivity index (χ1n) is 11.9. The smallest absolute Gasteiger partial charge is 0.355 e. The summed E-state index contributed by atoms with van der Waals surface area (Å²) in [5.41, 5.74) is 3.55. The van der Waals surface area contributed by atoms with Crippen molar-refractivity contribution in [2.75, 3.05) is 23.9 Å². The maximum absolute atomic E-state index is 13.3. The van der Waals surface area contributed by atoms with Crippen LogP contribution in [-0.4, -0.2) is 46.7 Å². The number of amides is 1. The Hall–Kier alpha value is -3.60. The third-order valence-electron chi connectivity index (χ3n) is 6.41. The van der Waals surface area contributed by atoms with Crippen molar-refractivity contribution < 1.29 is 19.4 Å². The van der Waals surface area contributed by atoms with Gasteiger partial charge in [-0.15, -0.1) is 17.9 Å². The monoisotopic (exact) mass is 534 g/mol. The standard InChI is InChI=1S/C27H26N4O4S2/c1-3-17(35-2)11-12-22-23(25(33)34)29-27(37-22)31-14-13-16-7-6-8-18(19(16)15-31)24(32)30-26-28-20-9-4-5-10-21(20)36-26/h3-10,17H,1,11-15H2,2H3,(H,33,34)(H,28,30,32). The Bertz CT molecular complexity index is 1450. The maximum atomic E-state index is 13.3. The molecule has 1 aliphatic rings. The van der Waals surface area contributed by atoms with E-state index in [1.54, 1.807) is 13.2 Å². The van der Waals surface area contributed by atoms with Crippen LogP contribution in [0.15, 0.2) is 55.1 Å². The summed E-state index contributed by atoms with van der Waals surface area (Å²) in [6, 6.07) is 13.5. The SMILES string of the molecule is C=CC(CCc1sc(N2CCc3cccc(C(=O)Nc4nc5ccccc5s4)c3C2)nc1C(=O)O)OC. The average molecular weight is 535 g/mol. The lowest BCUT2D eigenvalue weighted by Crippen LogP contribution is -2.32. The van der Waals surface area contributed by atoms with Gasteiger partial charge >= 0.3 is 5.97 Å². The number of nitrogens with one attached hydrogen (secondary N) is 1. The zero-order chi connectivity index (χ0) is 25.9. The van der Waals surface area contributed by atoms with Gasteiger partial charge < -0.3 is 14.7 Å². The van der Waals surface area contributed by atoms with E-state index in [0.717, 1.165) is 27.8 Å². The highest BCUT2D eigenvalue weighted by molar-refractivity contribution is 7.22. The second-order valence-electron chi connectivity index (χ2n) is 8.68. The fraction of sp³-hybridized carbons (Fsp3) is 0.259. The van der Waals surface area contributed by atoms with Crippen molar-refractivity contribution in [3.05, 3.63) is 82.4 Å². The molecule has 8 nitrogen and oxygen atoms in total. The van der Waals surface area contributed by atoms with Crippen LogP contribution in [0.3, 0.4) is 0 Å². The van der Waals surface area contributed by atoms with Crippen LogP contribution in [0.25, 0.3) is 10.2 Å². The van der Waals surface area contributed by atoms with E-state index in [4.69, 9.17) is 4.74 Å². The second kappa shape index (κ2) is 10.8. The molecule has 0 spiro atoms. The number of para-hydroxylation sites is 1. The summed E-state index contributed by atoms with van der Waals surface area (Å²) in [5, 5.41) is 13.9. The van der Waals surface area contributed by atoms with Crippen LogP contribution in [0.1, 0.15) is 43.3 Å². The van der Waals surface area contributed by atoms with Crippen molar-refractivity contribution in [2.24, 2.45) is 0 Å². The molecule has 190 valence electrons. The number of aromatic nitrogens is 2. The van der Waals surface area contributed by atoms with Gasteiger partial charge in [0.15, 0.2) is 16.0 Å². The molecule has 3 heterocycles. The summed E-state index contributed by atoms with van der Waals surface area (Å²) in [6.07, 6.45) is 3.46. The van der Waals surface area contributed by atoms with E-state index in [1.165, 1.54) is 22.7 Å². The maximum Gasteiger partial charge on any atom is 0.355 e. The van der Waals surface area contributed by atoms with E-state index >= 15 is 0 Å². The number of carbonyl (C=O) groups is 2. The molecule has 0 aliphatic carbocycles. The number of rotatable bonds is 9. The number of hydrogen-bond acceptors (Lipinski definition) is 8. The second-order valence-corrected chi connectivity index (χ2v) is 10.8. The van der Waals surface area contributed by atoms with Crippen LogP contribution >= 0.6 is 22.7 Å². The van der Waals surface area contributed by atoms with Crippen molar-refractivity contribution in [1.82, 2.24) is 9.97 Å². The predicted octanol–water partition coefficient (Wildman–Crippen LogP) is 5.40. The summed E-state index contributed by atoms with van der Waals surface area (Å²) < 4.78 is 6.36. The third-order valence-corrected chi connectivity index (χ3v) is 8.54. The molecule has 5 rings (SSSR count). The van der Waals surface area contributed by atoms with Gasteiger partial charge in [0.25, 0.3) is 5.91 Å². The van der Waals surface area contributed by atoms with Gasteiger partial charge in [-0.05, 0) is 48.6 Å². The number of carbonyl (C=O) groups excluding carboxylic acids is 1. The number of carboxylic acids is 1. The highest BCUT2D eigenvalue weighted by Crippen LogP contribution is 2.33. The van der Waals surface area contributed by atoms with Crippen molar-refractivity contribution in [3.8, 4) is 0 Å². The molecular weight excluding hydrogens is 508 g/mol. The van der Waals surface area contributed by atoms with E-state index in [0.29, 0.717) is 46.6 Å². The van der Waals surface area contributed by atoms with Gasteiger partial charge in [0.05, 0.1) is 16.3 Å². The summed E-state index contributed by atoms with van der Waals surface area (Å²) in [7, 11) is 1.61. The molecule has 1 atom stereocenters. The fourth-order valence-corrected chi connectivity index (χ4v) is 6.42. The van der Waals surface area contributed by atoms with Crippen molar-refractivity contribution in [2.45, 2.75) is 31.9 Å². The van der Waals surface area contributed by atoms with Gasteiger partial charge in [-0.3, -0.25) is 10.1 Å². The minimum atomic E-state index is -1.04. The quantitative estimate of drug-likeness (QED) is 0.277. The van der Waals surface area contributed by atoms with Crippen LogP contribution < -0.4 is 10.2 Å². The molecule has 10 heteroatoms. The topological polar surface area (TPSA) is 105 Å². The number of ether oxygens (including phenoxy) is 1. The van der Waals surface area contributed by atoms with Crippen LogP contribution in [0.5, 0.6) is 0 Å². The Balaban J connectivity index is 1.38. The van der Waals surface area contributed by atoms with Gasteiger partial charge in [0.1, 0.15) is 0 Å². The molecule has 4 aromatic rings. The van der Waals surface area contributed by atoms with E-state index in [1.807, 2.05) is 42.5 Å². The zero-order valence-corrected chi connectivity index (χ0v) is 21.9. The molecule has 0 saturated carbocycles. The van der Waals surface area contributed by atoms with Crippen LogP contribution in [0, 0.1) is 0 Å². The van der Waals surface area contributed by atoms with Gasteiger partial charge in [-0.25, -0.2) is 14.8 Å². The lowest BCUT2D eigenvalue weighted by atomic mass is 9.94. The first kappa shape index (κ1) is 25.1. The molecule has 2 aromatic carbocycles. The molecule has 1 amide bonds. The van der Waals surface area contributed by atoms with E-state index < -0.39 is 5.97 Å². The first-order valence-corrected chi connectivity index (χ1v) is 13.5. The Kier molecular flexibility index (Phi) is 7.31. The molecule has 2 aromatic heterocycles. The third kappa shape index (κ3) is 5.27. The first-order chi connectivity index (χ1) is 18.0. The van der Waals surface area contributed by atoms with E-state index in [2.05, 4.69) is 26.8 Å². The summed E-state index contributed by atoms with van der Waals surface area (Å²) >= 11 is 2.83. The predicted molar refractivity (Wildman–Crippen MR) is 147 cm³/mol. The summed E-state index contributed by atoms with van der Waals surface area (Å²) in [4.78, 5) is 36.9. The van der Waals surface area contributed by atoms with E-state index in [-0.39, 0.29) is 17.7 Å². The number of aryl methyl sites for hydroxylation is 1. The fourth-order valence-electron chi connectivity index (χ4n) is 4.46. The van der Waals surface area contributed by atoms with Gasteiger partial charge in [-0.2, -0.15) is 0 Å². The summed E-state index contributed by atoms with van der Waals surface area (Å²) in [6.45, 7) is 4.92. The zero-order valence-electron chi connectivity index (χ0n) is 20.3. The highest BCUT2D eigenvalue weighted by atomic mass is 32.1. The number of methoxy groups -OCH3 is 1. The minimum Gasteiger partial charge on any atom is -0.476 e. The van der Waals surface area contributed by atoms with E-state index in [9.17, 15) is 14.7 Å². The van der Waals surface area contributed by atoms with Gasteiger partial charge in [0.2, 0.25) is 0 Å². The molecular formula is C27H26N4O4S2. The Morgan fingerprint density at radius 1 is 1.22 bits per heavy atom. The molecule has 1 aliphatic heterocycles. The molecule has 0 bridgehead atoms. The van der Waals surface area contributed by atoms with Crippen LogP contribution in [0.2, 0.25) is 0 Å². The number of aromatic carboxylic acids is 1. The number of carboxylic acid groups (broad SMARTS) is 1. The van der Waals surface area contributed by atoms with Gasteiger partial charge in [0, 0.05) is 30.6 Å². The molecule has 2 N–H and O–H groups in total. The lowest BCUT2D eigenvalue weighted by molar-refractivity contribution is 0.0689. The normalized spacial score (nSPS) is 13.8. The molecule has 0 fully saturated rings. The van der Waals surface area contributed by atoms with Crippen LogP contribution in [0.4, 0.5) is 10.3 Å². The average Bonchev–Trinajstić information content (AvgIpc) is 3.52. The van der Waals surface area contributed by atoms with Crippen molar-refractivity contribution in [1.29, 1.82) is 0 Å². The number of fused-ring (bicyclic) bond motifs is 2. The van der Waals surface area contributed by atoms with Crippen molar-refractivity contribution >= 4 is 55.0 Å². The van der Waals surface area contributed by atoms with Gasteiger partial charge in [-0.1, -0.05) is 41.7 Å². The number of thiazole rings is 2. The largest absolute Gasteiger partial charge is 0.476 e. The Labute approximate surface area is 222 Å². The Morgan fingerprint density at radius 3 is 2.81 bits per heavy atom. The molecule has 0 saturated heterocycles. The number of anilines is 2. The molecule has 1 unspecified atom stereocenters. The molecule has 0 radical (unpaired) electrons. The lowest BCUT2D eigenvalue weighted by Gasteiger charge is -2.29. The minimum absolute atomic E-state index is 0.0755. The number of nitrogens with zero attached hydrogens (tertiary/aromatic N) is 3. The number of benzene rings is 2. The molecule has 37 heavy (non-hydrogen) atoms. The van der Waals surface area contributed by atoms with Crippen LogP contribution in [-0.2, 0) is 24.1 Å². The summed E-state index contributed by atoms with van der Waals surface area (Å²) in [5.74, 6) is -1.25. The number of hydrogen-bond donors (Lipinski definition) is 2. The highest BCUT2D eigenvalue weighted by Gasteiger charge is 2.27. The van der Waals surface area contributed by atoms with Crippen molar-refractivity contribution in [3.63, 3.8) is 0 Å². The Morgan fingerprint density at radius 2 is 2.05 bits per heavy atom.